The number of rotatable bonds is 35. The van der Waals surface area contributed by atoms with E-state index in [9.17, 15) is 14.7 Å². The molecule has 0 aliphatic rings. The van der Waals surface area contributed by atoms with Gasteiger partial charge in [-0.15, -0.1) is 0 Å². The zero-order valence-electron chi connectivity index (χ0n) is 29.0. The Morgan fingerprint density at radius 3 is 1.02 bits per heavy atom. The lowest BCUT2D eigenvalue weighted by molar-refractivity contribution is -0.161. The van der Waals surface area contributed by atoms with E-state index in [2.05, 4.69) is 13.8 Å². The fourth-order valence-corrected chi connectivity index (χ4v) is 5.73. The van der Waals surface area contributed by atoms with Gasteiger partial charge in [0.05, 0.1) is 6.61 Å². The highest BCUT2D eigenvalue weighted by molar-refractivity contribution is 5.70. The van der Waals surface area contributed by atoms with Crippen LogP contribution in [0.2, 0.25) is 0 Å². The average molecular weight is 611 g/mol. The summed E-state index contributed by atoms with van der Waals surface area (Å²) in [7, 11) is 0. The molecule has 0 saturated heterocycles. The molecular weight excluding hydrogens is 536 g/mol. The number of carbonyl (C=O) groups excluding carboxylic acids is 2. The number of hydrogen-bond donors (Lipinski definition) is 1. The third-order valence-corrected chi connectivity index (χ3v) is 8.65. The third kappa shape index (κ3) is 33.6. The molecule has 1 atom stereocenters. The first-order valence-electron chi connectivity index (χ1n) is 19.1. The molecule has 0 spiro atoms. The van der Waals surface area contributed by atoms with Crippen molar-refractivity contribution in [2.24, 2.45) is 0 Å². The first-order valence-corrected chi connectivity index (χ1v) is 19.1. The van der Waals surface area contributed by atoms with Crippen LogP contribution in [0.3, 0.4) is 0 Å². The Morgan fingerprint density at radius 2 is 0.721 bits per heavy atom. The summed E-state index contributed by atoms with van der Waals surface area (Å²) in [6.45, 7) is 4.16. The highest BCUT2D eigenvalue weighted by atomic mass is 16.6. The predicted octanol–water partition coefficient (Wildman–Crippen LogP) is 11.6. The third-order valence-electron chi connectivity index (χ3n) is 8.65. The van der Waals surface area contributed by atoms with Crippen molar-refractivity contribution in [2.75, 3.05) is 13.2 Å². The van der Waals surface area contributed by atoms with E-state index in [0.29, 0.717) is 12.8 Å². The Morgan fingerprint density at radius 1 is 0.442 bits per heavy atom. The Labute approximate surface area is 268 Å². The second kappa shape index (κ2) is 35.4. The van der Waals surface area contributed by atoms with Crippen LogP contribution in [-0.4, -0.2) is 36.4 Å². The summed E-state index contributed by atoms with van der Waals surface area (Å²) in [4.78, 5) is 24.2. The normalized spacial score (nSPS) is 12.0. The molecule has 0 unspecified atom stereocenters. The van der Waals surface area contributed by atoms with Gasteiger partial charge in [0.15, 0.2) is 6.10 Å². The lowest BCUT2D eigenvalue weighted by Crippen LogP contribution is -2.28. The van der Waals surface area contributed by atoms with Gasteiger partial charge in [0.1, 0.15) is 6.61 Å². The minimum Gasteiger partial charge on any atom is -0.462 e. The van der Waals surface area contributed by atoms with E-state index >= 15 is 0 Å². The molecule has 0 aliphatic heterocycles. The quantitative estimate of drug-likeness (QED) is 0.0571. The molecule has 0 aromatic heterocycles. The van der Waals surface area contributed by atoms with E-state index in [1.807, 2.05) is 0 Å². The maximum atomic E-state index is 12.1. The van der Waals surface area contributed by atoms with Crippen LogP contribution in [0, 0.1) is 0 Å². The van der Waals surface area contributed by atoms with Crippen LogP contribution in [0.4, 0.5) is 0 Å². The van der Waals surface area contributed by atoms with Crippen molar-refractivity contribution in [2.45, 2.75) is 219 Å². The average Bonchev–Trinajstić information content (AvgIpc) is 3.01. The molecule has 0 radical (unpaired) electrons. The number of carbonyl (C=O) groups is 2. The molecule has 5 heteroatoms. The van der Waals surface area contributed by atoms with E-state index in [0.717, 1.165) is 32.1 Å². The van der Waals surface area contributed by atoms with Crippen LogP contribution < -0.4 is 0 Å². The van der Waals surface area contributed by atoms with Gasteiger partial charge in [-0.1, -0.05) is 187 Å². The second-order valence-corrected chi connectivity index (χ2v) is 13.0. The second-order valence-electron chi connectivity index (χ2n) is 13.0. The monoisotopic (exact) mass is 611 g/mol. The molecule has 43 heavy (non-hydrogen) atoms. The van der Waals surface area contributed by atoms with Crippen molar-refractivity contribution in [1.29, 1.82) is 0 Å². The number of unbranched alkanes of at least 4 members (excludes halogenated alkanes) is 27. The molecule has 0 rings (SSSR count). The fraction of sp³-hybridized carbons (Fsp3) is 0.947. The maximum absolute atomic E-state index is 12.1. The van der Waals surface area contributed by atoms with Crippen molar-refractivity contribution in [3.63, 3.8) is 0 Å². The zero-order chi connectivity index (χ0) is 31.5. The van der Waals surface area contributed by atoms with Crippen LogP contribution in [0.15, 0.2) is 0 Å². The summed E-state index contributed by atoms with van der Waals surface area (Å²) in [6, 6.07) is 0. The van der Waals surface area contributed by atoms with Gasteiger partial charge in [0.2, 0.25) is 0 Å². The van der Waals surface area contributed by atoms with Gasteiger partial charge >= 0.3 is 11.9 Å². The standard InChI is InChI=1S/C38H74O5/c1-3-5-7-9-11-13-15-17-18-19-21-23-25-27-29-31-33-38(41)43-36(34-39)35-42-37(40)32-30-28-26-24-22-20-16-14-12-10-8-6-4-2/h36,39H,3-35H2,1-2H3/t36-/m0/s1. The Balaban J connectivity index is 3.50. The molecule has 0 heterocycles. The van der Waals surface area contributed by atoms with Crippen LogP contribution in [0.1, 0.15) is 213 Å². The molecule has 256 valence electrons. The minimum atomic E-state index is -0.760. The summed E-state index contributed by atoms with van der Waals surface area (Å²) in [5.74, 6) is -0.577. The van der Waals surface area contributed by atoms with Crippen LogP contribution >= 0.6 is 0 Å². The van der Waals surface area contributed by atoms with Gasteiger partial charge in [-0.25, -0.2) is 0 Å². The number of hydrogen-bond acceptors (Lipinski definition) is 5. The number of aliphatic hydroxyl groups is 1. The van der Waals surface area contributed by atoms with Crippen LogP contribution in [0.25, 0.3) is 0 Å². The lowest BCUT2D eigenvalue weighted by Gasteiger charge is -2.15. The smallest absolute Gasteiger partial charge is 0.306 e. The van der Waals surface area contributed by atoms with E-state index in [-0.39, 0.29) is 25.2 Å². The first-order chi connectivity index (χ1) is 21.1. The number of aliphatic hydroxyl groups excluding tert-OH is 1. The summed E-state index contributed by atoms with van der Waals surface area (Å²) >= 11 is 0. The molecule has 0 fully saturated rings. The van der Waals surface area contributed by atoms with Crippen LogP contribution in [-0.2, 0) is 19.1 Å². The Hall–Kier alpha value is -1.10. The molecular formula is C38H74O5. The molecule has 0 bridgehead atoms. The molecule has 0 aromatic carbocycles. The van der Waals surface area contributed by atoms with Gasteiger partial charge in [0, 0.05) is 12.8 Å². The predicted molar refractivity (Wildman–Crippen MR) is 182 cm³/mol. The minimum absolute atomic E-state index is 0.0571. The maximum Gasteiger partial charge on any atom is 0.306 e. The topological polar surface area (TPSA) is 72.8 Å². The molecule has 0 saturated carbocycles. The van der Waals surface area contributed by atoms with Gasteiger partial charge < -0.3 is 14.6 Å². The Bertz CT molecular complexity index is 579. The first kappa shape index (κ1) is 41.9. The van der Waals surface area contributed by atoms with E-state index in [1.54, 1.807) is 0 Å². The number of ether oxygens (including phenoxy) is 2. The number of esters is 2. The SMILES string of the molecule is CCCCCCCCCCCCCCCCCCC(=O)O[C@@H](CO)COC(=O)CCCCCCCCCCCCCCC. The van der Waals surface area contributed by atoms with Gasteiger partial charge in [-0.05, 0) is 12.8 Å². The molecule has 0 aliphatic carbocycles. The zero-order valence-corrected chi connectivity index (χ0v) is 29.0. The summed E-state index contributed by atoms with van der Waals surface area (Å²) in [5.41, 5.74) is 0. The van der Waals surface area contributed by atoms with Gasteiger partial charge in [-0.2, -0.15) is 0 Å². The molecule has 0 aromatic rings. The highest BCUT2D eigenvalue weighted by Crippen LogP contribution is 2.15. The van der Waals surface area contributed by atoms with Gasteiger partial charge in [-0.3, -0.25) is 9.59 Å². The summed E-state index contributed by atoms with van der Waals surface area (Å²) < 4.78 is 10.6. The fourth-order valence-electron chi connectivity index (χ4n) is 5.73. The Kier molecular flexibility index (Phi) is 34.5. The van der Waals surface area contributed by atoms with Crippen molar-refractivity contribution in [1.82, 2.24) is 0 Å². The van der Waals surface area contributed by atoms with Crippen molar-refractivity contribution >= 4 is 11.9 Å². The largest absolute Gasteiger partial charge is 0.462 e. The van der Waals surface area contributed by atoms with Crippen molar-refractivity contribution in [3.05, 3.63) is 0 Å². The van der Waals surface area contributed by atoms with E-state index in [1.165, 1.54) is 154 Å². The summed E-state index contributed by atoms with van der Waals surface area (Å²) in [5, 5.41) is 9.53. The van der Waals surface area contributed by atoms with E-state index in [4.69, 9.17) is 9.47 Å². The molecule has 1 N–H and O–H groups in total. The van der Waals surface area contributed by atoms with Crippen molar-refractivity contribution < 1.29 is 24.2 Å². The summed E-state index contributed by atoms with van der Waals surface area (Å²) in [6.07, 6.45) is 37.3. The van der Waals surface area contributed by atoms with Crippen molar-refractivity contribution in [3.8, 4) is 0 Å². The molecule has 0 amide bonds. The molecule has 5 nitrogen and oxygen atoms in total. The van der Waals surface area contributed by atoms with Gasteiger partial charge in [0.25, 0.3) is 0 Å². The van der Waals surface area contributed by atoms with Crippen LogP contribution in [0.5, 0.6) is 0 Å². The lowest BCUT2D eigenvalue weighted by atomic mass is 10.0. The van der Waals surface area contributed by atoms with E-state index < -0.39 is 6.10 Å². The highest BCUT2D eigenvalue weighted by Gasteiger charge is 2.16.